The van der Waals surface area contributed by atoms with Crippen molar-refractivity contribution in [2.75, 3.05) is 33.0 Å². The molecule has 1 aliphatic heterocycles. The normalized spacial score (nSPS) is 15.1. The smallest absolute Gasteiger partial charge is 0.283 e. The minimum absolute atomic E-state index is 0.225. The molecule has 0 saturated heterocycles. The Morgan fingerprint density at radius 3 is 2.41 bits per heavy atom. The number of nitrogens with one attached hydrogen (secondary N) is 1. The van der Waals surface area contributed by atoms with Crippen molar-refractivity contribution in [2.24, 2.45) is 17.4 Å². The third-order valence-electron chi connectivity index (χ3n) is 5.72. The van der Waals surface area contributed by atoms with Gasteiger partial charge in [0, 0.05) is 50.6 Å². The second-order valence-corrected chi connectivity index (χ2v) is 10.9. The predicted molar refractivity (Wildman–Crippen MR) is 151 cm³/mol. The highest BCUT2D eigenvalue weighted by molar-refractivity contribution is 7.82. The van der Waals surface area contributed by atoms with E-state index in [1.54, 1.807) is 17.0 Å². The zero-order valence-corrected chi connectivity index (χ0v) is 23.7. The third kappa shape index (κ3) is 10.3. The van der Waals surface area contributed by atoms with E-state index in [1.165, 1.54) is 41.7 Å². The van der Waals surface area contributed by atoms with Crippen LogP contribution in [0.5, 0.6) is 0 Å². The van der Waals surface area contributed by atoms with Gasteiger partial charge in [-0.1, -0.05) is 43.1 Å². The lowest BCUT2D eigenvalue weighted by Gasteiger charge is -2.23. The number of thiazole rings is 1. The number of aromatic nitrogens is 2. The van der Waals surface area contributed by atoms with Crippen LogP contribution in [0.3, 0.4) is 0 Å². The molecular formula is C24H34ClN7O3S2. The Morgan fingerprint density at radius 2 is 1.86 bits per heavy atom. The number of carbonyl (C=O) groups is 3. The second-order valence-electron chi connectivity index (χ2n) is 8.99. The largest absolute Gasteiger partial charge is 0.385 e. The standard InChI is InChI=1S/C9H17NO.C8H11N3OS.C7H6ClN3OS/c1-10(2)9(11)8-6-4-3-5-7-8;1-11-3-2-5-6(4-11)13-8(10-5)7(9)12;8-4-1-2-5(10-3-4)11-7(12)6(9)13/h8H,3-7H2,1-2H3;2-4H2,1H3,(H2,9,12);1-3H,(H2,9,13)(H,10,11,12). The van der Waals surface area contributed by atoms with Crippen molar-refractivity contribution in [2.45, 2.75) is 45.1 Å². The van der Waals surface area contributed by atoms with Gasteiger partial charge in [0.05, 0.1) is 10.7 Å². The van der Waals surface area contributed by atoms with E-state index in [1.807, 2.05) is 14.1 Å². The first kappa shape index (κ1) is 30.6. The van der Waals surface area contributed by atoms with Crippen LogP contribution >= 0.6 is 35.2 Å². The average molecular weight is 568 g/mol. The predicted octanol–water partition coefficient (Wildman–Crippen LogP) is 2.84. The van der Waals surface area contributed by atoms with Crippen molar-refractivity contribution < 1.29 is 14.4 Å². The molecule has 5 N–H and O–H groups in total. The fourth-order valence-electron chi connectivity index (χ4n) is 3.77. The lowest BCUT2D eigenvalue weighted by molar-refractivity contribution is -0.133. The number of thiocarbonyl (C=S) groups is 1. The molecule has 1 fully saturated rings. The average Bonchev–Trinajstić information content (AvgIpc) is 3.30. The first-order valence-corrected chi connectivity index (χ1v) is 13.5. The fraction of sp³-hybridized carbons (Fsp3) is 0.500. The molecule has 202 valence electrons. The number of nitrogens with two attached hydrogens (primary N) is 2. The molecule has 10 nitrogen and oxygen atoms in total. The van der Waals surface area contributed by atoms with Crippen LogP contribution in [0.25, 0.3) is 0 Å². The van der Waals surface area contributed by atoms with Crippen LogP contribution in [0.4, 0.5) is 5.82 Å². The molecule has 2 aliphatic rings. The first-order valence-electron chi connectivity index (χ1n) is 11.9. The highest BCUT2D eigenvalue weighted by Gasteiger charge is 2.22. The minimum atomic E-state index is -0.537. The molecule has 13 heteroatoms. The van der Waals surface area contributed by atoms with Gasteiger partial charge in [-0.25, -0.2) is 9.97 Å². The van der Waals surface area contributed by atoms with Gasteiger partial charge < -0.3 is 26.6 Å². The van der Waals surface area contributed by atoms with E-state index in [9.17, 15) is 14.4 Å². The van der Waals surface area contributed by atoms with Gasteiger partial charge in [0.15, 0.2) is 10.00 Å². The molecule has 0 atom stereocenters. The maximum absolute atomic E-state index is 11.4. The van der Waals surface area contributed by atoms with E-state index in [2.05, 4.69) is 39.5 Å². The number of hydrogen-bond donors (Lipinski definition) is 3. The number of halogens is 1. The molecule has 2 aromatic rings. The lowest BCUT2D eigenvalue weighted by Crippen LogP contribution is -2.30. The van der Waals surface area contributed by atoms with E-state index < -0.39 is 11.8 Å². The van der Waals surface area contributed by atoms with Gasteiger partial charge in [0.25, 0.3) is 11.8 Å². The number of hydrogen-bond acceptors (Lipinski definition) is 8. The minimum Gasteiger partial charge on any atom is -0.385 e. The van der Waals surface area contributed by atoms with Gasteiger partial charge in [0.1, 0.15) is 5.82 Å². The number of anilines is 1. The maximum atomic E-state index is 11.4. The number of pyridine rings is 1. The summed E-state index contributed by atoms with van der Waals surface area (Å²) in [6, 6.07) is 3.16. The van der Waals surface area contributed by atoms with E-state index in [-0.39, 0.29) is 4.99 Å². The Labute approximate surface area is 231 Å². The Hall–Kier alpha value is -2.67. The zero-order valence-electron chi connectivity index (χ0n) is 21.3. The maximum Gasteiger partial charge on any atom is 0.283 e. The molecule has 0 unspecified atom stereocenters. The summed E-state index contributed by atoms with van der Waals surface area (Å²) in [5.74, 6) is 0.0672. The van der Waals surface area contributed by atoms with Crippen LogP contribution in [0.1, 0.15) is 52.5 Å². The number of rotatable bonds is 3. The van der Waals surface area contributed by atoms with Gasteiger partial charge in [-0.3, -0.25) is 14.4 Å². The molecule has 2 aromatic heterocycles. The molecule has 1 aliphatic carbocycles. The molecule has 0 bridgehead atoms. The molecular weight excluding hydrogens is 534 g/mol. The van der Waals surface area contributed by atoms with E-state index >= 15 is 0 Å². The quantitative estimate of drug-likeness (QED) is 0.480. The Morgan fingerprint density at radius 1 is 1.19 bits per heavy atom. The summed E-state index contributed by atoms with van der Waals surface area (Å²) in [5, 5.41) is 3.33. The second kappa shape index (κ2) is 14.9. The zero-order chi connectivity index (χ0) is 27.5. The van der Waals surface area contributed by atoms with Crippen LogP contribution < -0.4 is 16.8 Å². The number of likely N-dealkylation sites (N-methyl/N-ethyl adjacent to an activating group) is 1. The van der Waals surface area contributed by atoms with E-state index in [0.29, 0.717) is 27.7 Å². The Balaban J connectivity index is 0.000000196. The van der Waals surface area contributed by atoms with E-state index in [4.69, 9.17) is 23.1 Å². The summed E-state index contributed by atoms with van der Waals surface area (Å²) in [6.07, 6.45) is 8.35. The van der Waals surface area contributed by atoms with Crippen molar-refractivity contribution in [1.29, 1.82) is 0 Å². The summed E-state index contributed by atoms with van der Waals surface area (Å²) < 4.78 is 0. The van der Waals surface area contributed by atoms with Crippen molar-refractivity contribution in [1.82, 2.24) is 19.8 Å². The summed E-state index contributed by atoms with van der Waals surface area (Å²) in [7, 11) is 5.75. The number of nitrogens with zero attached hydrogens (tertiary/aromatic N) is 4. The Bertz CT molecular complexity index is 1090. The highest BCUT2D eigenvalue weighted by atomic mass is 35.5. The molecule has 37 heavy (non-hydrogen) atoms. The molecule has 3 amide bonds. The van der Waals surface area contributed by atoms with E-state index in [0.717, 1.165) is 38.0 Å². The fourth-order valence-corrected chi connectivity index (χ4v) is 4.97. The molecule has 0 radical (unpaired) electrons. The van der Waals surface area contributed by atoms with Crippen LogP contribution in [0.2, 0.25) is 5.02 Å². The SMILES string of the molecule is CN(C)C(=O)C1CCCCC1.CN1CCc2nc(C(N)=O)sc2C1.NC(=S)C(=O)Nc1ccc(Cl)cn1. The summed E-state index contributed by atoms with van der Waals surface area (Å²) in [4.78, 5) is 46.1. The number of carbonyl (C=O) groups excluding carboxylic acids is 3. The van der Waals surface area contributed by atoms with Gasteiger partial charge in [0.2, 0.25) is 5.91 Å². The monoisotopic (exact) mass is 567 g/mol. The molecule has 1 saturated carbocycles. The van der Waals surface area contributed by atoms with Crippen molar-refractivity contribution in [3.05, 3.63) is 38.9 Å². The summed E-state index contributed by atoms with van der Waals surface area (Å²) in [5.41, 5.74) is 11.3. The van der Waals surface area contributed by atoms with Gasteiger partial charge >= 0.3 is 0 Å². The number of primary amides is 1. The van der Waals surface area contributed by atoms with Crippen molar-refractivity contribution in [3.8, 4) is 0 Å². The van der Waals surface area contributed by atoms with Crippen LogP contribution in [0, 0.1) is 5.92 Å². The van der Waals surface area contributed by atoms with Crippen LogP contribution in [-0.4, -0.2) is 70.2 Å². The van der Waals surface area contributed by atoms with Gasteiger partial charge in [-0.05, 0) is 32.0 Å². The topological polar surface area (TPSA) is 148 Å². The van der Waals surface area contributed by atoms with Crippen molar-refractivity contribution >= 4 is 63.7 Å². The van der Waals surface area contributed by atoms with Gasteiger partial charge in [-0.15, -0.1) is 11.3 Å². The third-order valence-corrected chi connectivity index (χ3v) is 7.23. The van der Waals surface area contributed by atoms with Crippen molar-refractivity contribution in [3.63, 3.8) is 0 Å². The van der Waals surface area contributed by atoms with Crippen LogP contribution in [-0.2, 0) is 22.6 Å². The lowest BCUT2D eigenvalue weighted by atomic mass is 9.88. The van der Waals surface area contributed by atoms with Crippen LogP contribution in [0.15, 0.2) is 18.3 Å². The molecule has 0 aromatic carbocycles. The molecule has 3 heterocycles. The Kier molecular flexibility index (Phi) is 12.3. The molecule has 0 spiro atoms. The van der Waals surface area contributed by atoms with Gasteiger partial charge in [-0.2, -0.15) is 0 Å². The number of fused-ring (bicyclic) bond motifs is 1. The number of amides is 3. The summed E-state index contributed by atoms with van der Waals surface area (Å²) >= 11 is 11.5. The highest BCUT2D eigenvalue weighted by Crippen LogP contribution is 2.25. The first-order chi connectivity index (χ1) is 17.5. The summed E-state index contributed by atoms with van der Waals surface area (Å²) in [6.45, 7) is 1.90. The molecule has 4 rings (SSSR count).